The smallest absolute Gasteiger partial charge is 0.132 e. The first-order valence-electron chi connectivity index (χ1n) is 7.42. The largest absolute Gasteiger partial charge is 0.467 e. The molecule has 112 valence electrons. The molecule has 0 bridgehead atoms. The van der Waals surface area contributed by atoms with Gasteiger partial charge in [-0.1, -0.05) is 12.1 Å². The number of likely N-dealkylation sites (tertiary alicyclic amines) is 1. The van der Waals surface area contributed by atoms with Crippen LogP contribution >= 0.6 is 0 Å². The summed E-state index contributed by atoms with van der Waals surface area (Å²) in [4.78, 5) is 2.32. The molecule has 1 aliphatic heterocycles. The van der Waals surface area contributed by atoms with Gasteiger partial charge >= 0.3 is 0 Å². The Bertz CT molecular complexity index is 570. The van der Waals surface area contributed by atoms with Crippen molar-refractivity contribution in [3.8, 4) is 0 Å². The van der Waals surface area contributed by atoms with E-state index in [9.17, 15) is 9.50 Å². The molecule has 2 heterocycles. The lowest BCUT2D eigenvalue weighted by molar-refractivity contribution is 0.0995. The van der Waals surface area contributed by atoms with Gasteiger partial charge in [0.25, 0.3) is 0 Å². The topological polar surface area (TPSA) is 36.6 Å². The molecular weight excluding hydrogens is 269 g/mol. The number of aliphatic hydroxyl groups excluding tert-OH is 1. The quantitative estimate of drug-likeness (QED) is 0.915. The van der Waals surface area contributed by atoms with Crippen molar-refractivity contribution >= 4 is 0 Å². The van der Waals surface area contributed by atoms with E-state index in [1.165, 1.54) is 6.07 Å². The van der Waals surface area contributed by atoms with E-state index in [2.05, 4.69) is 4.90 Å². The fourth-order valence-electron chi connectivity index (χ4n) is 3.09. The molecule has 3 rings (SSSR count). The molecule has 21 heavy (non-hydrogen) atoms. The van der Waals surface area contributed by atoms with Gasteiger partial charge < -0.3 is 9.52 Å². The van der Waals surface area contributed by atoms with Gasteiger partial charge in [-0.2, -0.15) is 0 Å². The fourth-order valence-corrected chi connectivity index (χ4v) is 3.09. The van der Waals surface area contributed by atoms with Gasteiger partial charge in [-0.25, -0.2) is 4.39 Å². The van der Waals surface area contributed by atoms with Gasteiger partial charge in [-0.05, 0) is 55.6 Å². The SMILES string of the molecule is OC(CC1CCCN1Cc1cccc(F)c1)c1ccco1. The van der Waals surface area contributed by atoms with Crippen molar-refractivity contribution in [1.29, 1.82) is 0 Å². The minimum Gasteiger partial charge on any atom is -0.467 e. The summed E-state index contributed by atoms with van der Waals surface area (Å²) in [6.45, 7) is 1.72. The highest BCUT2D eigenvalue weighted by Gasteiger charge is 2.27. The highest BCUT2D eigenvalue weighted by atomic mass is 19.1. The maximum atomic E-state index is 13.3. The van der Waals surface area contributed by atoms with E-state index in [4.69, 9.17) is 4.42 Å². The summed E-state index contributed by atoms with van der Waals surface area (Å²) >= 11 is 0. The zero-order valence-corrected chi connectivity index (χ0v) is 11.9. The van der Waals surface area contributed by atoms with Crippen molar-refractivity contribution in [2.24, 2.45) is 0 Å². The average Bonchev–Trinajstić information content (AvgIpc) is 3.11. The summed E-state index contributed by atoms with van der Waals surface area (Å²) in [5.41, 5.74) is 0.981. The maximum Gasteiger partial charge on any atom is 0.132 e. The van der Waals surface area contributed by atoms with E-state index >= 15 is 0 Å². The van der Waals surface area contributed by atoms with Gasteiger partial charge in [-0.15, -0.1) is 0 Å². The van der Waals surface area contributed by atoms with Crippen molar-refractivity contribution in [1.82, 2.24) is 4.90 Å². The number of benzene rings is 1. The van der Waals surface area contributed by atoms with Crippen LogP contribution in [0.2, 0.25) is 0 Å². The Morgan fingerprint density at radius 3 is 3.00 bits per heavy atom. The molecule has 0 aliphatic carbocycles. The highest BCUT2D eigenvalue weighted by Crippen LogP contribution is 2.28. The van der Waals surface area contributed by atoms with E-state index in [-0.39, 0.29) is 5.82 Å². The number of hydrogen-bond acceptors (Lipinski definition) is 3. The van der Waals surface area contributed by atoms with Gasteiger partial charge in [0.05, 0.1) is 6.26 Å². The normalized spacial score (nSPS) is 20.8. The zero-order valence-electron chi connectivity index (χ0n) is 11.9. The summed E-state index contributed by atoms with van der Waals surface area (Å²) in [7, 11) is 0. The Morgan fingerprint density at radius 2 is 2.24 bits per heavy atom. The first-order chi connectivity index (χ1) is 10.2. The number of rotatable bonds is 5. The predicted octanol–water partition coefficient (Wildman–Crippen LogP) is 3.51. The van der Waals surface area contributed by atoms with Crippen LogP contribution in [0.5, 0.6) is 0 Å². The molecule has 1 N–H and O–H groups in total. The Balaban J connectivity index is 1.63. The van der Waals surface area contributed by atoms with Crippen LogP contribution in [0.1, 0.15) is 36.7 Å². The number of furan rings is 1. The predicted molar refractivity (Wildman–Crippen MR) is 78.1 cm³/mol. The molecule has 1 fully saturated rings. The van der Waals surface area contributed by atoms with Crippen molar-refractivity contribution in [3.05, 3.63) is 59.8 Å². The minimum atomic E-state index is -0.571. The van der Waals surface area contributed by atoms with Crippen LogP contribution in [0.15, 0.2) is 47.1 Å². The molecule has 0 radical (unpaired) electrons. The molecule has 4 heteroatoms. The molecule has 2 unspecified atom stereocenters. The van der Waals surface area contributed by atoms with Gasteiger partial charge in [0.15, 0.2) is 0 Å². The molecule has 2 aromatic rings. The van der Waals surface area contributed by atoms with E-state index in [0.29, 0.717) is 18.2 Å². The first-order valence-corrected chi connectivity index (χ1v) is 7.42. The molecule has 0 amide bonds. The summed E-state index contributed by atoms with van der Waals surface area (Å²) in [6.07, 6.45) is 3.84. The molecule has 1 saturated heterocycles. The van der Waals surface area contributed by atoms with Crippen molar-refractivity contribution in [2.45, 2.75) is 38.0 Å². The molecule has 1 aliphatic rings. The van der Waals surface area contributed by atoms with Gasteiger partial charge in [-0.3, -0.25) is 4.90 Å². The Hall–Kier alpha value is -1.65. The standard InChI is InChI=1S/C17H20FNO2/c18-14-5-1-4-13(10-14)12-19-8-2-6-15(19)11-16(20)17-7-3-9-21-17/h1,3-5,7,9-10,15-16,20H,2,6,8,11-12H2. The van der Waals surface area contributed by atoms with E-state index in [1.54, 1.807) is 30.5 Å². The Kier molecular flexibility index (Phi) is 4.36. The lowest BCUT2D eigenvalue weighted by atomic mass is 10.0. The number of hydrogen-bond donors (Lipinski definition) is 1. The number of aliphatic hydroxyl groups is 1. The third kappa shape index (κ3) is 3.52. The summed E-state index contributed by atoms with van der Waals surface area (Å²) < 4.78 is 18.5. The third-order valence-electron chi connectivity index (χ3n) is 4.14. The highest BCUT2D eigenvalue weighted by molar-refractivity contribution is 5.16. The zero-order chi connectivity index (χ0) is 14.7. The van der Waals surface area contributed by atoms with Crippen molar-refractivity contribution in [3.63, 3.8) is 0 Å². The molecule has 2 atom stereocenters. The molecule has 1 aromatic heterocycles. The summed E-state index contributed by atoms with van der Waals surface area (Å²) in [5, 5.41) is 10.2. The molecule has 3 nitrogen and oxygen atoms in total. The average molecular weight is 289 g/mol. The van der Waals surface area contributed by atoms with Crippen molar-refractivity contribution < 1.29 is 13.9 Å². The van der Waals surface area contributed by atoms with Crippen LogP contribution < -0.4 is 0 Å². The van der Waals surface area contributed by atoms with Crippen LogP contribution in [0.4, 0.5) is 4.39 Å². The summed E-state index contributed by atoms with van der Waals surface area (Å²) in [5.74, 6) is 0.423. The number of nitrogens with zero attached hydrogens (tertiary/aromatic N) is 1. The third-order valence-corrected chi connectivity index (χ3v) is 4.14. The minimum absolute atomic E-state index is 0.195. The molecule has 0 saturated carbocycles. The second kappa shape index (κ2) is 6.41. The van der Waals surface area contributed by atoms with Gasteiger partial charge in [0.1, 0.15) is 17.7 Å². The Labute approximate surface area is 124 Å². The van der Waals surface area contributed by atoms with E-state index in [0.717, 1.165) is 31.5 Å². The number of halogens is 1. The fraction of sp³-hybridized carbons (Fsp3) is 0.412. The summed E-state index contributed by atoms with van der Waals surface area (Å²) in [6, 6.07) is 10.6. The Morgan fingerprint density at radius 1 is 1.33 bits per heavy atom. The van der Waals surface area contributed by atoms with E-state index < -0.39 is 6.10 Å². The van der Waals surface area contributed by atoms with Gasteiger partial charge in [0.2, 0.25) is 0 Å². The van der Waals surface area contributed by atoms with Crippen LogP contribution in [0.3, 0.4) is 0 Å². The van der Waals surface area contributed by atoms with Crippen LogP contribution in [0.25, 0.3) is 0 Å². The van der Waals surface area contributed by atoms with Gasteiger partial charge in [0, 0.05) is 12.6 Å². The molecular formula is C17H20FNO2. The second-order valence-electron chi connectivity index (χ2n) is 5.66. The monoisotopic (exact) mass is 289 g/mol. The lowest BCUT2D eigenvalue weighted by Crippen LogP contribution is -2.30. The van der Waals surface area contributed by atoms with E-state index in [1.807, 2.05) is 6.07 Å². The maximum absolute atomic E-state index is 13.3. The van der Waals surface area contributed by atoms with Crippen molar-refractivity contribution in [2.75, 3.05) is 6.54 Å². The van der Waals surface area contributed by atoms with Crippen LogP contribution in [-0.2, 0) is 6.54 Å². The molecule has 1 aromatic carbocycles. The first kappa shape index (κ1) is 14.3. The lowest BCUT2D eigenvalue weighted by Gasteiger charge is -2.26. The van der Waals surface area contributed by atoms with Crippen LogP contribution in [-0.4, -0.2) is 22.6 Å². The second-order valence-corrected chi connectivity index (χ2v) is 5.66. The molecule has 0 spiro atoms. The van der Waals surface area contributed by atoms with Crippen LogP contribution in [0, 0.1) is 5.82 Å².